The summed E-state index contributed by atoms with van der Waals surface area (Å²) in [5, 5.41) is 14.9. The molecule has 1 N–H and O–H groups in total. The van der Waals surface area contributed by atoms with Gasteiger partial charge in [0, 0.05) is 17.6 Å². The minimum Gasteiger partial charge on any atom is -0.314 e. The second kappa shape index (κ2) is 5.58. The normalized spacial score (nSPS) is 12.9. The van der Waals surface area contributed by atoms with Crippen molar-refractivity contribution in [2.45, 2.75) is 46.8 Å². The Balaban J connectivity index is 1.99. The maximum atomic E-state index is 4.48. The molecule has 0 saturated carbocycles. The fraction of sp³-hybridized carbons (Fsp3) is 0.583. The van der Waals surface area contributed by atoms with Crippen LogP contribution in [0.15, 0.2) is 5.38 Å². The number of aromatic nitrogens is 4. The van der Waals surface area contributed by atoms with Crippen LogP contribution in [0.25, 0.3) is 0 Å². The topological polar surface area (TPSA) is 55.6 Å². The lowest BCUT2D eigenvalue weighted by molar-refractivity contribution is 0.535. The van der Waals surface area contributed by atoms with Gasteiger partial charge in [-0.2, -0.15) is 0 Å². The third-order valence-corrected chi connectivity index (χ3v) is 4.05. The van der Waals surface area contributed by atoms with Gasteiger partial charge in [-0.05, 0) is 27.7 Å². The summed E-state index contributed by atoms with van der Waals surface area (Å²) in [6, 6.07) is 0.242. The van der Waals surface area contributed by atoms with Crippen LogP contribution in [0, 0.1) is 13.8 Å². The van der Waals surface area contributed by atoms with Gasteiger partial charge in [0.25, 0.3) is 0 Å². The quantitative estimate of drug-likeness (QED) is 0.900. The highest BCUT2D eigenvalue weighted by Crippen LogP contribution is 2.17. The second-order valence-electron chi connectivity index (χ2n) is 4.34. The molecule has 0 saturated heterocycles. The maximum absolute atomic E-state index is 4.48. The minimum atomic E-state index is 0.242. The molecule has 0 aromatic carbocycles. The molecule has 1 atom stereocenters. The van der Waals surface area contributed by atoms with Gasteiger partial charge in [-0.1, -0.05) is 0 Å². The summed E-state index contributed by atoms with van der Waals surface area (Å²) in [7, 11) is 0. The van der Waals surface area contributed by atoms with Crippen LogP contribution in [0.4, 0.5) is 0 Å². The maximum Gasteiger partial charge on any atom is 0.147 e. The number of hydrogen-bond acceptors (Lipinski definition) is 5. The van der Waals surface area contributed by atoms with E-state index in [1.165, 1.54) is 0 Å². The fourth-order valence-corrected chi connectivity index (χ4v) is 2.70. The predicted octanol–water partition coefficient (Wildman–Crippen LogP) is 2.22. The minimum absolute atomic E-state index is 0.242. The molecule has 0 aliphatic heterocycles. The van der Waals surface area contributed by atoms with Crippen molar-refractivity contribution in [1.82, 2.24) is 25.1 Å². The Kier molecular flexibility index (Phi) is 4.08. The average molecular weight is 265 g/mol. The molecule has 0 bridgehead atoms. The molecule has 0 unspecified atom stereocenters. The third kappa shape index (κ3) is 2.76. The molecule has 2 rings (SSSR count). The molecule has 2 heterocycles. The number of thiazole rings is 1. The fourth-order valence-electron chi connectivity index (χ4n) is 1.87. The molecule has 0 fully saturated rings. The van der Waals surface area contributed by atoms with E-state index < -0.39 is 0 Å². The van der Waals surface area contributed by atoms with Crippen molar-refractivity contribution in [3.05, 3.63) is 27.7 Å². The van der Waals surface area contributed by atoms with E-state index in [1.807, 2.05) is 13.8 Å². The Morgan fingerprint density at radius 1 is 1.39 bits per heavy atom. The van der Waals surface area contributed by atoms with Gasteiger partial charge in [0.1, 0.15) is 16.7 Å². The summed E-state index contributed by atoms with van der Waals surface area (Å²) in [6.45, 7) is 9.84. The molecular formula is C12H19N5S. The van der Waals surface area contributed by atoms with Crippen LogP contribution < -0.4 is 5.32 Å². The van der Waals surface area contributed by atoms with E-state index in [0.29, 0.717) is 6.54 Å². The molecule has 6 heteroatoms. The van der Waals surface area contributed by atoms with Gasteiger partial charge in [-0.25, -0.2) is 4.98 Å². The van der Waals surface area contributed by atoms with Gasteiger partial charge in [0.15, 0.2) is 0 Å². The van der Waals surface area contributed by atoms with Gasteiger partial charge in [-0.3, -0.25) is 0 Å². The lowest BCUT2D eigenvalue weighted by Gasteiger charge is -2.11. The van der Waals surface area contributed by atoms with Crippen LogP contribution in [-0.2, 0) is 13.1 Å². The summed E-state index contributed by atoms with van der Waals surface area (Å²) in [5.74, 6) is 1.95. The summed E-state index contributed by atoms with van der Waals surface area (Å²) in [6.07, 6.45) is 0. The largest absolute Gasteiger partial charge is 0.314 e. The first-order valence-corrected chi connectivity index (χ1v) is 7.03. The molecule has 18 heavy (non-hydrogen) atoms. The van der Waals surface area contributed by atoms with Crippen LogP contribution in [0.1, 0.15) is 42.2 Å². The smallest absolute Gasteiger partial charge is 0.147 e. The van der Waals surface area contributed by atoms with Crippen molar-refractivity contribution < 1.29 is 0 Å². The summed E-state index contributed by atoms with van der Waals surface area (Å²) >= 11 is 1.69. The molecule has 0 aliphatic carbocycles. The lowest BCUT2D eigenvalue weighted by atomic mass is 10.3. The van der Waals surface area contributed by atoms with E-state index in [-0.39, 0.29) is 6.04 Å². The molecule has 0 aliphatic rings. The highest BCUT2D eigenvalue weighted by Gasteiger charge is 2.12. The number of hydrogen-bond donors (Lipinski definition) is 1. The van der Waals surface area contributed by atoms with Gasteiger partial charge in [-0.15, -0.1) is 21.5 Å². The van der Waals surface area contributed by atoms with E-state index >= 15 is 0 Å². The van der Waals surface area contributed by atoms with Crippen molar-refractivity contribution in [2.75, 3.05) is 0 Å². The third-order valence-electron chi connectivity index (χ3n) is 2.90. The van der Waals surface area contributed by atoms with Crippen molar-refractivity contribution in [2.24, 2.45) is 0 Å². The zero-order chi connectivity index (χ0) is 13.1. The van der Waals surface area contributed by atoms with Crippen molar-refractivity contribution >= 4 is 11.3 Å². The highest BCUT2D eigenvalue weighted by molar-refractivity contribution is 7.09. The van der Waals surface area contributed by atoms with Crippen molar-refractivity contribution in [3.63, 3.8) is 0 Å². The van der Waals surface area contributed by atoms with Crippen LogP contribution in [0.2, 0.25) is 0 Å². The van der Waals surface area contributed by atoms with E-state index in [1.54, 1.807) is 11.3 Å². The standard InChI is InChI=1S/C12H19N5S/c1-5-17-10(4)15-16-11(17)6-13-9(3)12-14-8(2)7-18-12/h7,9,13H,5-6H2,1-4H3/t9-/m0/s1. The van der Waals surface area contributed by atoms with Gasteiger partial charge in [0.05, 0.1) is 12.6 Å². The zero-order valence-corrected chi connectivity index (χ0v) is 12.1. The monoisotopic (exact) mass is 265 g/mol. The van der Waals surface area contributed by atoms with Gasteiger partial charge in [0.2, 0.25) is 0 Å². The van der Waals surface area contributed by atoms with E-state index in [2.05, 4.69) is 44.3 Å². The highest BCUT2D eigenvalue weighted by atomic mass is 32.1. The summed E-state index contributed by atoms with van der Waals surface area (Å²) in [5.41, 5.74) is 1.08. The number of aryl methyl sites for hydroxylation is 2. The molecule has 2 aromatic rings. The molecule has 0 amide bonds. The lowest BCUT2D eigenvalue weighted by Crippen LogP contribution is -2.20. The zero-order valence-electron chi connectivity index (χ0n) is 11.3. The molecular weight excluding hydrogens is 246 g/mol. The Morgan fingerprint density at radius 3 is 2.78 bits per heavy atom. The van der Waals surface area contributed by atoms with Crippen molar-refractivity contribution in [3.8, 4) is 0 Å². The Bertz CT molecular complexity index is 516. The molecule has 2 aromatic heterocycles. The Morgan fingerprint density at radius 2 is 2.17 bits per heavy atom. The Hall–Kier alpha value is -1.27. The molecule has 0 radical (unpaired) electrons. The number of rotatable bonds is 5. The summed E-state index contributed by atoms with van der Waals surface area (Å²) in [4.78, 5) is 4.48. The van der Waals surface area contributed by atoms with E-state index in [4.69, 9.17) is 0 Å². The average Bonchev–Trinajstić information content (AvgIpc) is 2.92. The number of nitrogens with zero attached hydrogens (tertiary/aromatic N) is 4. The molecule has 98 valence electrons. The van der Waals surface area contributed by atoms with E-state index in [9.17, 15) is 0 Å². The predicted molar refractivity (Wildman–Crippen MR) is 72.5 cm³/mol. The Labute approximate surface area is 111 Å². The van der Waals surface area contributed by atoms with Crippen molar-refractivity contribution in [1.29, 1.82) is 0 Å². The molecule has 0 spiro atoms. The van der Waals surface area contributed by atoms with Crippen LogP contribution in [0.3, 0.4) is 0 Å². The van der Waals surface area contributed by atoms with Gasteiger partial charge >= 0.3 is 0 Å². The number of nitrogens with one attached hydrogen (secondary N) is 1. The second-order valence-corrected chi connectivity index (χ2v) is 5.23. The SMILES string of the molecule is CCn1c(C)nnc1CN[C@@H](C)c1nc(C)cs1. The first-order valence-electron chi connectivity index (χ1n) is 6.16. The van der Waals surface area contributed by atoms with Crippen LogP contribution in [0.5, 0.6) is 0 Å². The van der Waals surface area contributed by atoms with Crippen LogP contribution >= 0.6 is 11.3 Å². The first kappa shape index (κ1) is 13.2. The van der Waals surface area contributed by atoms with E-state index in [0.717, 1.165) is 28.9 Å². The summed E-state index contributed by atoms with van der Waals surface area (Å²) < 4.78 is 2.12. The van der Waals surface area contributed by atoms with Crippen LogP contribution in [-0.4, -0.2) is 19.7 Å². The van der Waals surface area contributed by atoms with Gasteiger partial charge < -0.3 is 9.88 Å². The molecule has 5 nitrogen and oxygen atoms in total. The first-order chi connectivity index (χ1) is 8.61.